The smallest absolute Gasteiger partial charge is 0.309 e. The molecule has 0 aliphatic carbocycles. The third-order valence-electron chi connectivity index (χ3n) is 3.67. The van der Waals surface area contributed by atoms with Gasteiger partial charge < -0.3 is 15.2 Å². The summed E-state index contributed by atoms with van der Waals surface area (Å²) >= 11 is 11.8. The molecule has 7 heteroatoms. The molecular formula is C19H19Cl2NO4. The van der Waals surface area contributed by atoms with E-state index in [4.69, 9.17) is 33.0 Å². The van der Waals surface area contributed by atoms with Gasteiger partial charge in [0.25, 0.3) is 5.91 Å². The number of carbonyl (C=O) groups excluding carboxylic acids is 1. The molecule has 0 radical (unpaired) electrons. The summed E-state index contributed by atoms with van der Waals surface area (Å²) in [6.45, 7) is 2.17. The van der Waals surface area contributed by atoms with Crippen molar-refractivity contribution in [2.75, 3.05) is 13.2 Å². The van der Waals surface area contributed by atoms with E-state index in [0.717, 1.165) is 5.56 Å². The Morgan fingerprint density at radius 1 is 1.12 bits per heavy atom. The molecule has 0 fully saturated rings. The van der Waals surface area contributed by atoms with Crippen molar-refractivity contribution in [3.05, 3.63) is 63.6 Å². The van der Waals surface area contributed by atoms with Crippen LogP contribution in [0.4, 0.5) is 0 Å². The number of hydrogen-bond acceptors (Lipinski definition) is 3. The Morgan fingerprint density at radius 2 is 1.73 bits per heavy atom. The molecule has 2 aromatic rings. The van der Waals surface area contributed by atoms with Crippen LogP contribution in [0, 0.1) is 5.92 Å². The highest BCUT2D eigenvalue weighted by atomic mass is 35.5. The van der Waals surface area contributed by atoms with Gasteiger partial charge in [-0.1, -0.05) is 35.3 Å². The van der Waals surface area contributed by atoms with Crippen LogP contribution in [0.2, 0.25) is 10.0 Å². The van der Waals surface area contributed by atoms with Crippen LogP contribution in [-0.4, -0.2) is 30.1 Å². The SMILES string of the molecule is CC(COc1ccc(CCNC(=O)c2cc(Cl)cc(Cl)c2)cc1)C(=O)O. The lowest BCUT2D eigenvalue weighted by Gasteiger charge is -2.10. The summed E-state index contributed by atoms with van der Waals surface area (Å²) in [4.78, 5) is 22.9. The number of ether oxygens (including phenoxy) is 1. The van der Waals surface area contributed by atoms with Crippen LogP contribution in [0.5, 0.6) is 5.75 Å². The zero-order valence-corrected chi connectivity index (χ0v) is 15.7. The van der Waals surface area contributed by atoms with Gasteiger partial charge in [-0.05, 0) is 49.2 Å². The molecule has 0 saturated heterocycles. The number of aliphatic carboxylic acids is 1. The van der Waals surface area contributed by atoms with E-state index in [-0.39, 0.29) is 12.5 Å². The van der Waals surface area contributed by atoms with E-state index in [9.17, 15) is 9.59 Å². The first-order valence-electron chi connectivity index (χ1n) is 8.04. The fraction of sp³-hybridized carbons (Fsp3) is 0.263. The topological polar surface area (TPSA) is 75.6 Å². The molecule has 26 heavy (non-hydrogen) atoms. The second kappa shape index (κ2) is 9.46. The van der Waals surface area contributed by atoms with E-state index < -0.39 is 11.9 Å². The van der Waals surface area contributed by atoms with Gasteiger partial charge >= 0.3 is 5.97 Å². The number of amides is 1. The predicted octanol–water partition coefficient (Wildman–Crippen LogP) is 4.07. The van der Waals surface area contributed by atoms with Crippen LogP contribution in [0.25, 0.3) is 0 Å². The van der Waals surface area contributed by atoms with Gasteiger partial charge in [0, 0.05) is 22.2 Å². The molecule has 0 bridgehead atoms. The van der Waals surface area contributed by atoms with Crippen molar-refractivity contribution in [2.45, 2.75) is 13.3 Å². The van der Waals surface area contributed by atoms with Crippen LogP contribution < -0.4 is 10.1 Å². The minimum atomic E-state index is -0.890. The summed E-state index contributed by atoms with van der Waals surface area (Å²) in [6, 6.07) is 12.0. The quantitative estimate of drug-likeness (QED) is 0.706. The summed E-state index contributed by atoms with van der Waals surface area (Å²) in [7, 11) is 0. The molecule has 0 spiro atoms. The maximum atomic E-state index is 12.1. The van der Waals surface area contributed by atoms with E-state index in [0.29, 0.717) is 34.3 Å². The second-order valence-electron chi connectivity index (χ2n) is 5.86. The number of hydrogen-bond donors (Lipinski definition) is 2. The Balaban J connectivity index is 1.80. The van der Waals surface area contributed by atoms with Crippen LogP contribution >= 0.6 is 23.2 Å². The maximum absolute atomic E-state index is 12.1. The fourth-order valence-corrected chi connectivity index (χ4v) is 2.68. The summed E-state index contributed by atoms with van der Waals surface area (Å²) in [5.74, 6) is -1.08. The van der Waals surface area contributed by atoms with E-state index in [2.05, 4.69) is 5.32 Å². The lowest BCUT2D eigenvalue weighted by atomic mass is 10.1. The number of carbonyl (C=O) groups is 2. The third kappa shape index (κ3) is 6.24. The van der Waals surface area contributed by atoms with Gasteiger partial charge in [0.15, 0.2) is 0 Å². The molecule has 2 rings (SSSR count). The number of benzene rings is 2. The largest absolute Gasteiger partial charge is 0.493 e. The molecule has 1 atom stereocenters. The Morgan fingerprint density at radius 3 is 2.31 bits per heavy atom. The molecule has 5 nitrogen and oxygen atoms in total. The standard InChI is InChI=1S/C19H19Cl2NO4/c1-12(19(24)25)11-26-17-4-2-13(3-5-17)6-7-22-18(23)14-8-15(20)10-16(21)9-14/h2-5,8-10,12H,6-7,11H2,1H3,(H,22,23)(H,24,25). The van der Waals surface area contributed by atoms with Crippen molar-refractivity contribution in [1.82, 2.24) is 5.32 Å². The van der Waals surface area contributed by atoms with Gasteiger partial charge in [-0.3, -0.25) is 9.59 Å². The van der Waals surface area contributed by atoms with Gasteiger partial charge in [-0.15, -0.1) is 0 Å². The highest BCUT2D eigenvalue weighted by molar-refractivity contribution is 6.35. The molecule has 2 N–H and O–H groups in total. The molecule has 0 aromatic heterocycles. The van der Waals surface area contributed by atoms with Gasteiger partial charge in [0.2, 0.25) is 0 Å². The minimum absolute atomic E-state index is 0.118. The van der Waals surface area contributed by atoms with Crippen molar-refractivity contribution in [2.24, 2.45) is 5.92 Å². The van der Waals surface area contributed by atoms with Crippen molar-refractivity contribution in [1.29, 1.82) is 0 Å². The predicted molar refractivity (Wildman–Crippen MR) is 101 cm³/mol. The van der Waals surface area contributed by atoms with Gasteiger partial charge in [0.05, 0.1) is 5.92 Å². The number of halogens is 2. The molecule has 2 aromatic carbocycles. The first kappa shape index (κ1) is 20.1. The van der Waals surface area contributed by atoms with E-state index in [1.165, 1.54) is 0 Å². The van der Waals surface area contributed by atoms with Crippen LogP contribution in [0.15, 0.2) is 42.5 Å². The van der Waals surface area contributed by atoms with E-state index >= 15 is 0 Å². The zero-order valence-electron chi connectivity index (χ0n) is 14.2. The van der Waals surface area contributed by atoms with Crippen molar-refractivity contribution < 1.29 is 19.4 Å². The molecule has 138 valence electrons. The molecule has 0 aliphatic rings. The molecular weight excluding hydrogens is 377 g/mol. The normalized spacial score (nSPS) is 11.7. The first-order valence-corrected chi connectivity index (χ1v) is 8.79. The molecule has 1 amide bonds. The highest BCUT2D eigenvalue weighted by Gasteiger charge is 2.11. The first-order chi connectivity index (χ1) is 12.3. The Kier molecular flexibility index (Phi) is 7.30. The Bertz CT molecular complexity index is 757. The average Bonchev–Trinajstić information content (AvgIpc) is 2.59. The van der Waals surface area contributed by atoms with Gasteiger partial charge in [-0.25, -0.2) is 0 Å². The number of carboxylic acids is 1. The van der Waals surface area contributed by atoms with Crippen molar-refractivity contribution >= 4 is 35.1 Å². The van der Waals surface area contributed by atoms with E-state index in [1.807, 2.05) is 12.1 Å². The van der Waals surface area contributed by atoms with Gasteiger partial charge in [-0.2, -0.15) is 0 Å². The molecule has 0 saturated carbocycles. The summed E-state index contributed by atoms with van der Waals surface area (Å²) in [5.41, 5.74) is 1.44. The maximum Gasteiger partial charge on any atom is 0.309 e. The van der Waals surface area contributed by atoms with Crippen LogP contribution in [0.1, 0.15) is 22.8 Å². The van der Waals surface area contributed by atoms with Gasteiger partial charge in [0.1, 0.15) is 12.4 Å². The lowest BCUT2D eigenvalue weighted by Crippen LogP contribution is -2.25. The monoisotopic (exact) mass is 395 g/mol. The molecule has 1 unspecified atom stereocenters. The lowest BCUT2D eigenvalue weighted by molar-refractivity contribution is -0.142. The number of carboxylic acid groups (broad SMARTS) is 1. The van der Waals surface area contributed by atoms with E-state index in [1.54, 1.807) is 37.3 Å². The van der Waals surface area contributed by atoms with Crippen LogP contribution in [-0.2, 0) is 11.2 Å². The molecule has 0 aliphatic heterocycles. The second-order valence-corrected chi connectivity index (χ2v) is 6.73. The Hall–Kier alpha value is -2.24. The van der Waals surface area contributed by atoms with Crippen molar-refractivity contribution in [3.63, 3.8) is 0 Å². The number of nitrogens with one attached hydrogen (secondary N) is 1. The third-order valence-corrected chi connectivity index (χ3v) is 4.11. The highest BCUT2D eigenvalue weighted by Crippen LogP contribution is 2.19. The summed E-state index contributed by atoms with van der Waals surface area (Å²) < 4.78 is 5.43. The van der Waals surface area contributed by atoms with Crippen LogP contribution in [0.3, 0.4) is 0 Å². The zero-order chi connectivity index (χ0) is 19.1. The van der Waals surface area contributed by atoms with Crippen molar-refractivity contribution in [3.8, 4) is 5.75 Å². The summed E-state index contributed by atoms with van der Waals surface area (Å²) in [6.07, 6.45) is 0.645. The minimum Gasteiger partial charge on any atom is -0.493 e. The molecule has 0 heterocycles. The summed E-state index contributed by atoms with van der Waals surface area (Å²) in [5, 5.41) is 12.5. The fourth-order valence-electron chi connectivity index (χ4n) is 2.15. The Labute approximate surface area is 161 Å². The number of rotatable bonds is 8. The average molecular weight is 396 g/mol.